The van der Waals surface area contributed by atoms with Crippen molar-refractivity contribution in [2.24, 2.45) is 0 Å². The number of amides is 1. The van der Waals surface area contributed by atoms with Crippen LogP contribution < -0.4 is 0 Å². The third-order valence-corrected chi connectivity index (χ3v) is 5.16. The monoisotopic (exact) mass is 358 g/mol. The normalized spacial score (nSPS) is 18.9. The number of rotatable bonds is 4. The highest BCUT2D eigenvalue weighted by atomic mass is 79.9. The summed E-state index contributed by atoms with van der Waals surface area (Å²) >= 11 is 9.34. The van der Waals surface area contributed by atoms with E-state index in [9.17, 15) is 4.79 Å². The molecule has 1 amide bonds. The SMILES string of the molecule is CCN(CC)C1CCN(C(=O)c2ccc(Cl)c(Br)c2)C1. The molecule has 5 heteroatoms. The van der Waals surface area contributed by atoms with Crippen molar-refractivity contribution in [3.63, 3.8) is 0 Å². The van der Waals surface area contributed by atoms with Gasteiger partial charge in [-0.1, -0.05) is 25.4 Å². The molecule has 110 valence electrons. The van der Waals surface area contributed by atoms with E-state index in [0.717, 1.165) is 37.1 Å². The summed E-state index contributed by atoms with van der Waals surface area (Å²) in [6.07, 6.45) is 1.06. The fourth-order valence-electron chi connectivity index (χ4n) is 2.78. The quantitative estimate of drug-likeness (QED) is 0.819. The molecule has 1 fully saturated rings. The molecule has 1 unspecified atom stereocenters. The van der Waals surface area contributed by atoms with Gasteiger partial charge in [-0.25, -0.2) is 0 Å². The lowest BCUT2D eigenvalue weighted by Crippen LogP contribution is -2.38. The Morgan fingerprint density at radius 2 is 2.15 bits per heavy atom. The number of carbonyl (C=O) groups excluding carboxylic acids is 1. The first kappa shape index (κ1) is 15.8. The van der Waals surface area contributed by atoms with Crippen LogP contribution in [0.2, 0.25) is 5.02 Å². The van der Waals surface area contributed by atoms with E-state index in [-0.39, 0.29) is 5.91 Å². The number of nitrogens with zero attached hydrogens (tertiary/aromatic N) is 2. The number of carbonyl (C=O) groups is 1. The van der Waals surface area contributed by atoms with Gasteiger partial charge in [0.25, 0.3) is 5.91 Å². The molecule has 0 radical (unpaired) electrons. The Kier molecular flexibility index (Phi) is 5.47. The summed E-state index contributed by atoms with van der Waals surface area (Å²) in [7, 11) is 0. The number of likely N-dealkylation sites (tertiary alicyclic amines) is 1. The number of halogens is 2. The average molecular weight is 360 g/mol. The molecule has 1 aromatic rings. The summed E-state index contributed by atoms with van der Waals surface area (Å²) in [6, 6.07) is 5.84. The number of likely N-dealkylation sites (N-methyl/N-ethyl adjacent to an activating group) is 1. The first-order valence-electron chi connectivity index (χ1n) is 7.05. The molecular weight excluding hydrogens is 340 g/mol. The Labute approximate surface area is 134 Å². The van der Waals surface area contributed by atoms with Gasteiger partial charge in [0.05, 0.1) is 5.02 Å². The molecule has 0 N–H and O–H groups in total. The predicted octanol–water partition coefficient (Wildman–Crippen LogP) is 3.66. The van der Waals surface area contributed by atoms with E-state index in [4.69, 9.17) is 11.6 Å². The third kappa shape index (κ3) is 3.35. The standard InChI is InChI=1S/C15H20BrClN2O/c1-3-18(4-2)12-7-8-19(10-12)15(20)11-5-6-14(17)13(16)9-11/h5-6,9,12H,3-4,7-8,10H2,1-2H3. The van der Waals surface area contributed by atoms with Crippen LogP contribution in [-0.4, -0.2) is 47.9 Å². The lowest BCUT2D eigenvalue weighted by Gasteiger charge is -2.26. The molecule has 0 spiro atoms. The minimum atomic E-state index is 0.0945. The van der Waals surface area contributed by atoms with Crippen LogP contribution in [0.15, 0.2) is 22.7 Å². The van der Waals surface area contributed by atoms with Gasteiger partial charge in [-0.15, -0.1) is 0 Å². The van der Waals surface area contributed by atoms with E-state index in [2.05, 4.69) is 34.7 Å². The van der Waals surface area contributed by atoms with Crippen LogP contribution in [-0.2, 0) is 0 Å². The molecular formula is C15H20BrClN2O. The molecule has 1 saturated heterocycles. The second-order valence-corrected chi connectivity index (χ2v) is 6.31. The van der Waals surface area contributed by atoms with Crippen LogP contribution in [0.25, 0.3) is 0 Å². The third-order valence-electron chi connectivity index (χ3n) is 3.95. The molecule has 1 aromatic carbocycles. The first-order valence-corrected chi connectivity index (χ1v) is 8.22. The van der Waals surface area contributed by atoms with Crippen molar-refractivity contribution in [2.45, 2.75) is 26.3 Å². The molecule has 1 aliphatic rings. The second kappa shape index (κ2) is 6.92. The van der Waals surface area contributed by atoms with Gasteiger partial charge in [-0.3, -0.25) is 9.69 Å². The molecule has 0 saturated carbocycles. The van der Waals surface area contributed by atoms with Gasteiger partial charge in [0.1, 0.15) is 0 Å². The summed E-state index contributed by atoms with van der Waals surface area (Å²) in [5, 5.41) is 0.629. The fourth-order valence-corrected chi connectivity index (χ4v) is 3.27. The van der Waals surface area contributed by atoms with Gasteiger partial charge in [0.15, 0.2) is 0 Å². The van der Waals surface area contributed by atoms with E-state index in [1.807, 2.05) is 4.90 Å². The molecule has 1 aliphatic heterocycles. The van der Waals surface area contributed by atoms with Gasteiger partial charge in [0, 0.05) is 29.2 Å². The van der Waals surface area contributed by atoms with Crippen LogP contribution in [0, 0.1) is 0 Å². The van der Waals surface area contributed by atoms with Crippen LogP contribution in [0.4, 0.5) is 0 Å². The van der Waals surface area contributed by atoms with Gasteiger partial charge >= 0.3 is 0 Å². The highest BCUT2D eigenvalue weighted by Crippen LogP contribution is 2.25. The molecule has 1 heterocycles. The zero-order chi connectivity index (χ0) is 14.7. The van der Waals surface area contributed by atoms with Crippen molar-refractivity contribution < 1.29 is 4.79 Å². The Hall–Kier alpha value is -0.580. The Morgan fingerprint density at radius 3 is 2.75 bits per heavy atom. The van der Waals surface area contributed by atoms with Crippen molar-refractivity contribution in [2.75, 3.05) is 26.2 Å². The number of benzene rings is 1. The van der Waals surface area contributed by atoms with E-state index in [1.165, 1.54) is 0 Å². The first-order chi connectivity index (χ1) is 9.56. The summed E-state index contributed by atoms with van der Waals surface area (Å²) in [4.78, 5) is 16.9. The maximum Gasteiger partial charge on any atom is 0.253 e. The maximum atomic E-state index is 12.5. The summed E-state index contributed by atoms with van der Waals surface area (Å²) < 4.78 is 0.768. The zero-order valence-corrected chi connectivity index (χ0v) is 14.2. The van der Waals surface area contributed by atoms with Crippen LogP contribution in [0.3, 0.4) is 0 Å². The molecule has 0 aromatic heterocycles. The van der Waals surface area contributed by atoms with Crippen molar-refractivity contribution in [1.29, 1.82) is 0 Å². The van der Waals surface area contributed by atoms with Crippen molar-refractivity contribution >= 4 is 33.4 Å². The molecule has 3 nitrogen and oxygen atoms in total. The summed E-state index contributed by atoms with van der Waals surface area (Å²) in [6.45, 7) is 8.07. The highest BCUT2D eigenvalue weighted by molar-refractivity contribution is 9.10. The van der Waals surface area contributed by atoms with Crippen molar-refractivity contribution in [1.82, 2.24) is 9.80 Å². The minimum absolute atomic E-state index is 0.0945. The topological polar surface area (TPSA) is 23.6 Å². The van der Waals surface area contributed by atoms with Crippen LogP contribution in [0.1, 0.15) is 30.6 Å². The summed E-state index contributed by atoms with van der Waals surface area (Å²) in [5.41, 5.74) is 0.696. The minimum Gasteiger partial charge on any atom is -0.337 e. The van der Waals surface area contributed by atoms with E-state index < -0.39 is 0 Å². The number of hydrogen-bond donors (Lipinski definition) is 0. The Balaban J connectivity index is 2.05. The Morgan fingerprint density at radius 1 is 1.45 bits per heavy atom. The van der Waals surface area contributed by atoms with E-state index >= 15 is 0 Å². The highest BCUT2D eigenvalue weighted by Gasteiger charge is 2.29. The Bertz CT molecular complexity index is 491. The predicted molar refractivity (Wildman–Crippen MR) is 86.4 cm³/mol. The van der Waals surface area contributed by atoms with Crippen LogP contribution >= 0.6 is 27.5 Å². The molecule has 0 aliphatic carbocycles. The molecule has 20 heavy (non-hydrogen) atoms. The average Bonchev–Trinajstić information content (AvgIpc) is 2.92. The second-order valence-electron chi connectivity index (χ2n) is 5.04. The van der Waals surface area contributed by atoms with Gasteiger partial charge < -0.3 is 4.90 Å². The summed E-state index contributed by atoms with van der Waals surface area (Å²) in [5.74, 6) is 0.0945. The lowest BCUT2D eigenvalue weighted by molar-refractivity contribution is 0.0778. The maximum absolute atomic E-state index is 12.5. The van der Waals surface area contributed by atoms with E-state index in [1.54, 1.807) is 18.2 Å². The molecule has 0 bridgehead atoms. The smallest absolute Gasteiger partial charge is 0.253 e. The molecule has 2 rings (SSSR count). The fraction of sp³-hybridized carbons (Fsp3) is 0.533. The zero-order valence-electron chi connectivity index (χ0n) is 11.9. The van der Waals surface area contributed by atoms with Crippen LogP contribution in [0.5, 0.6) is 0 Å². The van der Waals surface area contributed by atoms with Gasteiger partial charge in [-0.05, 0) is 53.6 Å². The largest absolute Gasteiger partial charge is 0.337 e. The van der Waals surface area contributed by atoms with E-state index in [0.29, 0.717) is 16.6 Å². The van der Waals surface area contributed by atoms with Gasteiger partial charge in [0.2, 0.25) is 0 Å². The molecule has 1 atom stereocenters. The van der Waals surface area contributed by atoms with Crippen molar-refractivity contribution in [3.05, 3.63) is 33.3 Å². The van der Waals surface area contributed by atoms with Crippen molar-refractivity contribution in [3.8, 4) is 0 Å². The van der Waals surface area contributed by atoms with Gasteiger partial charge in [-0.2, -0.15) is 0 Å². The number of hydrogen-bond acceptors (Lipinski definition) is 2. The lowest BCUT2D eigenvalue weighted by atomic mass is 10.2.